The summed E-state index contributed by atoms with van der Waals surface area (Å²) in [5.74, 6) is -0.948. The second-order valence-electron chi connectivity index (χ2n) is 6.39. The first-order chi connectivity index (χ1) is 11.4. The van der Waals surface area contributed by atoms with E-state index in [0.29, 0.717) is 6.42 Å². The van der Waals surface area contributed by atoms with Crippen LogP contribution in [0.15, 0.2) is 0 Å². The average molecular weight is 364 g/mol. The number of unbranched alkanes of at least 4 members (excludes halogenated alkanes) is 10. The molecule has 0 rings (SSSR count). The predicted octanol–water partition coefficient (Wildman–Crippen LogP) is 3.47. The number of ketones is 1. The SMILES string of the molecule is CCCCCCCCCCCCCC(=O)C(O)(C(O)CO)P(=O)=O. The van der Waals surface area contributed by atoms with Crippen LogP contribution in [-0.4, -0.2) is 39.2 Å². The molecule has 7 heteroatoms. The third kappa shape index (κ3) is 8.52. The second-order valence-corrected chi connectivity index (χ2v) is 7.59. The zero-order valence-corrected chi connectivity index (χ0v) is 15.7. The summed E-state index contributed by atoms with van der Waals surface area (Å²) in [4.78, 5) is 11.9. The van der Waals surface area contributed by atoms with E-state index in [0.717, 1.165) is 19.3 Å². The van der Waals surface area contributed by atoms with E-state index in [1.165, 1.54) is 44.9 Å². The maximum absolute atomic E-state index is 11.9. The molecule has 0 aromatic rings. The van der Waals surface area contributed by atoms with Gasteiger partial charge in [0.2, 0.25) is 0 Å². The molecule has 2 unspecified atom stereocenters. The summed E-state index contributed by atoms with van der Waals surface area (Å²) >= 11 is 0. The van der Waals surface area contributed by atoms with E-state index in [1.54, 1.807) is 0 Å². The van der Waals surface area contributed by atoms with E-state index in [-0.39, 0.29) is 6.42 Å². The van der Waals surface area contributed by atoms with E-state index in [9.17, 15) is 24.1 Å². The van der Waals surface area contributed by atoms with Crippen LogP contribution in [0.4, 0.5) is 0 Å². The van der Waals surface area contributed by atoms with Crippen molar-refractivity contribution >= 4 is 13.5 Å². The maximum atomic E-state index is 11.9. The number of aliphatic hydroxyl groups is 3. The normalized spacial score (nSPS) is 15.0. The lowest BCUT2D eigenvalue weighted by atomic mass is 10.0. The molecule has 6 nitrogen and oxygen atoms in total. The van der Waals surface area contributed by atoms with E-state index in [4.69, 9.17) is 5.11 Å². The maximum Gasteiger partial charge on any atom is 0.358 e. The third-order valence-electron chi connectivity index (χ3n) is 4.33. The first-order valence-corrected chi connectivity index (χ1v) is 10.3. The molecule has 0 bridgehead atoms. The second kappa shape index (κ2) is 13.7. The van der Waals surface area contributed by atoms with Gasteiger partial charge in [0, 0.05) is 6.42 Å². The summed E-state index contributed by atoms with van der Waals surface area (Å²) in [6, 6.07) is 0. The van der Waals surface area contributed by atoms with Crippen LogP contribution < -0.4 is 0 Å². The van der Waals surface area contributed by atoms with Gasteiger partial charge < -0.3 is 15.3 Å². The lowest BCUT2D eigenvalue weighted by Gasteiger charge is -2.22. The molecule has 24 heavy (non-hydrogen) atoms. The van der Waals surface area contributed by atoms with Crippen LogP contribution in [0.3, 0.4) is 0 Å². The van der Waals surface area contributed by atoms with Crippen molar-refractivity contribution in [2.45, 2.75) is 95.4 Å². The molecule has 0 saturated heterocycles. The third-order valence-corrected chi connectivity index (χ3v) is 5.44. The van der Waals surface area contributed by atoms with Crippen LogP contribution in [0.1, 0.15) is 84.0 Å². The Morgan fingerprint density at radius 2 is 1.33 bits per heavy atom. The molecule has 2 atom stereocenters. The van der Waals surface area contributed by atoms with Gasteiger partial charge in [-0.3, -0.25) is 4.79 Å². The number of hydrogen-bond donors (Lipinski definition) is 3. The van der Waals surface area contributed by atoms with Crippen molar-refractivity contribution in [3.63, 3.8) is 0 Å². The largest absolute Gasteiger partial charge is 0.394 e. The fraction of sp³-hybridized carbons (Fsp3) is 0.941. The minimum atomic E-state index is -3.57. The van der Waals surface area contributed by atoms with Crippen LogP contribution >= 0.6 is 7.68 Å². The Morgan fingerprint density at radius 3 is 1.71 bits per heavy atom. The number of carbonyl (C=O) groups excluding carboxylic acids is 1. The van der Waals surface area contributed by atoms with Gasteiger partial charge in [-0.05, 0) is 6.42 Å². The van der Waals surface area contributed by atoms with Gasteiger partial charge in [0.1, 0.15) is 6.10 Å². The van der Waals surface area contributed by atoms with E-state index < -0.39 is 31.5 Å². The minimum Gasteiger partial charge on any atom is -0.394 e. The van der Waals surface area contributed by atoms with Crippen molar-refractivity contribution < 1.29 is 29.2 Å². The molecule has 0 aromatic carbocycles. The highest BCUT2D eigenvalue weighted by Gasteiger charge is 2.48. The Bertz CT molecular complexity index is 402. The molecule has 0 saturated carbocycles. The Hall–Kier alpha value is -0.550. The highest BCUT2D eigenvalue weighted by atomic mass is 31.1. The number of aliphatic hydroxyl groups excluding tert-OH is 2. The van der Waals surface area contributed by atoms with Gasteiger partial charge in [-0.1, -0.05) is 71.1 Å². The summed E-state index contributed by atoms with van der Waals surface area (Å²) in [5.41, 5.74) is 0. The molecule has 0 fully saturated rings. The smallest absolute Gasteiger partial charge is 0.358 e. The van der Waals surface area contributed by atoms with Gasteiger partial charge >= 0.3 is 7.68 Å². The summed E-state index contributed by atoms with van der Waals surface area (Å²) in [6.07, 6.45) is 10.00. The zero-order chi connectivity index (χ0) is 18.4. The summed E-state index contributed by atoms with van der Waals surface area (Å²) in [7, 11) is -3.57. The van der Waals surface area contributed by atoms with Crippen LogP contribution in [-0.2, 0) is 13.9 Å². The van der Waals surface area contributed by atoms with Crippen LogP contribution in [0.2, 0.25) is 0 Å². The van der Waals surface area contributed by atoms with Crippen molar-refractivity contribution in [2.24, 2.45) is 0 Å². The van der Waals surface area contributed by atoms with E-state index in [1.807, 2.05) is 0 Å². The number of carbonyl (C=O) groups is 1. The number of rotatable bonds is 16. The molecule has 0 aliphatic rings. The molecular formula is C17H33O6P. The van der Waals surface area contributed by atoms with Crippen molar-refractivity contribution in [2.75, 3.05) is 6.61 Å². The molecular weight excluding hydrogens is 331 g/mol. The molecule has 0 aromatic heterocycles. The topological polar surface area (TPSA) is 112 Å². The number of Topliss-reactive ketones (excluding diaryl/α,β-unsaturated/α-hetero) is 1. The van der Waals surface area contributed by atoms with Gasteiger partial charge in [-0.2, -0.15) is 0 Å². The molecule has 3 N–H and O–H groups in total. The highest BCUT2D eigenvalue weighted by molar-refractivity contribution is 7.34. The van der Waals surface area contributed by atoms with Crippen molar-refractivity contribution in [3.8, 4) is 0 Å². The molecule has 0 heterocycles. The van der Waals surface area contributed by atoms with Crippen molar-refractivity contribution in [1.82, 2.24) is 0 Å². The summed E-state index contributed by atoms with van der Waals surface area (Å²) < 4.78 is 22.1. The first-order valence-electron chi connectivity index (χ1n) is 9.10. The zero-order valence-electron chi connectivity index (χ0n) is 14.8. The highest BCUT2D eigenvalue weighted by Crippen LogP contribution is 2.32. The summed E-state index contributed by atoms with van der Waals surface area (Å²) in [6.45, 7) is 1.22. The molecule has 0 radical (unpaired) electrons. The van der Waals surface area contributed by atoms with Gasteiger partial charge in [-0.15, -0.1) is 0 Å². The number of hydrogen-bond acceptors (Lipinski definition) is 6. The fourth-order valence-corrected chi connectivity index (χ4v) is 3.31. The first kappa shape index (κ1) is 23.4. The van der Waals surface area contributed by atoms with Gasteiger partial charge in [0.05, 0.1) is 6.61 Å². The Labute approximate surface area is 145 Å². The standard InChI is InChI=1S/C17H33O6P/c1-2-3-4-5-6-7-8-9-10-11-12-13-15(19)17(21,24(22)23)16(20)14-18/h16,18,20-21H,2-14H2,1H3. The lowest BCUT2D eigenvalue weighted by molar-refractivity contribution is -0.140. The minimum absolute atomic E-state index is 0.117. The van der Waals surface area contributed by atoms with Crippen LogP contribution in [0.25, 0.3) is 0 Å². The summed E-state index contributed by atoms with van der Waals surface area (Å²) in [5, 5.41) is 25.1. The predicted molar refractivity (Wildman–Crippen MR) is 92.4 cm³/mol. The fourth-order valence-electron chi connectivity index (χ4n) is 2.67. The Balaban J connectivity index is 3.82. The Kier molecular flexibility index (Phi) is 13.4. The van der Waals surface area contributed by atoms with Crippen molar-refractivity contribution in [3.05, 3.63) is 0 Å². The molecule has 142 valence electrons. The van der Waals surface area contributed by atoms with Gasteiger partial charge in [-0.25, -0.2) is 9.13 Å². The molecule has 0 amide bonds. The molecule has 0 aliphatic heterocycles. The molecule has 0 spiro atoms. The van der Waals surface area contributed by atoms with Crippen LogP contribution in [0.5, 0.6) is 0 Å². The Morgan fingerprint density at radius 1 is 0.917 bits per heavy atom. The lowest BCUT2D eigenvalue weighted by Crippen LogP contribution is -2.47. The van der Waals surface area contributed by atoms with Gasteiger partial charge in [0.15, 0.2) is 5.78 Å². The monoisotopic (exact) mass is 364 g/mol. The van der Waals surface area contributed by atoms with Gasteiger partial charge in [0.25, 0.3) is 5.34 Å². The molecule has 0 aliphatic carbocycles. The van der Waals surface area contributed by atoms with Crippen molar-refractivity contribution in [1.29, 1.82) is 0 Å². The van der Waals surface area contributed by atoms with E-state index >= 15 is 0 Å². The van der Waals surface area contributed by atoms with Crippen LogP contribution in [0, 0.1) is 0 Å². The quantitative estimate of drug-likeness (QED) is 0.286. The van der Waals surface area contributed by atoms with E-state index in [2.05, 4.69) is 6.92 Å². The average Bonchev–Trinajstić information content (AvgIpc) is 2.57.